The van der Waals surface area contributed by atoms with Gasteiger partial charge in [-0.2, -0.15) is 0 Å². The molecule has 2 aromatic rings. The van der Waals surface area contributed by atoms with Gasteiger partial charge in [0.05, 0.1) is 13.0 Å². The van der Waals surface area contributed by atoms with Crippen molar-refractivity contribution in [2.45, 2.75) is 38.6 Å². The topological polar surface area (TPSA) is 49.3 Å². The van der Waals surface area contributed by atoms with Gasteiger partial charge in [-0.25, -0.2) is 0 Å². The molecule has 116 valence electrons. The van der Waals surface area contributed by atoms with Crippen LogP contribution >= 0.6 is 0 Å². The number of hydrogen-bond donors (Lipinski definition) is 2. The number of nitrogens with one attached hydrogen (secondary N) is 1. The van der Waals surface area contributed by atoms with E-state index in [-0.39, 0.29) is 24.0 Å². The van der Waals surface area contributed by atoms with Gasteiger partial charge in [0.1, 0.15) is 0 Å². The van der Waals surface area contributed by atoms with Gasteiger partial charge in [0.25, 0.3) is 0 Å². The Hall–Kier alpha value is -1.87. The van der Waals surface area contributed by atoms with E-state index in [1.807, 2.05) is 24.3 Å². The first kappa shape index (κ1) is 15.0. The van der Waals surface area contributed by atoms with Crippen molar-refractivity contribution < 1.29 is 9.90 Å². The number of fused-ring (bicyclic) bond motifs is 1. The molecule has 0 aliphatic heterocycles. The largest absolute Gasteiger partial charge is 0.396 e. The fourth-order valence-electron chi connectivity index (χ4n) is 3.53. The third kappa shape index (κ3) is 2.86. The van der Waals surface area contributed by atoms with Crippen molar-refractivity contribution in [3.8, 4) is 0 Å². The van der Waals surface area contributed by atoms with E-state index in [1.165, 1.54) is 0 Å². The molecule has 2 aromatic carbocycles. The molecule has 0 spiro atoms. The lowest BCUT2D eigenvalue weighted by molar-refractivity contribution is -0.122. The molecule has 1 aliphatic carbocycles. The highest BCUT2D eigenvalue weighted by Crippen LogP contribution is 2.37. The summed E-state index contributed by atoms with van der Waals surface area (Å²) in [4.78, 5) is 12.4. The van der Waals surface area contributed by atoms with Crippen molar-refractivity contribution in [2.75, 3.05) is 6.61 Å². The summed E-state index contributed by atoms with van der Waals surface area (Å²) in [6.07, 6.45) is 3.39. The Kier molecular flexibility index (Phi) is 4.16. The molecular formula is C19H23NO2. The summed E-state index contributed by atoms with van der Waals surface area (Å²) in [5.41, 5.74) is 0.883. The van der Waals surface area contributed by atoms with Gasteiger partial charge < -0.3 is 10.4 Å². The van der Waals surface area contributed by atoms with Gasteiger partial charge in [-0.15, -0.1) is 0 Å². The van der Waals surface area contributed by atoms with Crippen molar-refractivity contribution in [3.63, 3.8) is 0 Å². The zero-order valence-electron chi connectivity index (χ0n) is 13.0. The number of amides is 1. The highest BCUT2D eigenvalue weighted by molar-refractivity contribution is 5.90. The molecule has 2 N–H and O–H groups in total. The van der Waals surface area contributed by atoms with Crippen LogP contribution in [0.2, 0.25) is 0 Å². The van der Waals surface area contributed by atoms with Crippen LogP contribution in [-0.4, -0.2) is 23.7 Å². The SMILES string of the molecule is CC1(CO)CCCC1NC(=O)Cc1cccc2ccccc12. The Morgan fingerprint density at radius 1 is 1.27 bits per heavy atom. The molecule has 0 heterocycles. The average molecular weight is 297 g/mol. The standard InChI is InChI=1S/C19H23NO2/c1-19(13-21)11-5-10-17(19)20-18(22)12-15-8-4-7-14-6-2-3-9-16(14)15/h2-4,6-9,17,21H,5,10-13H2,1H3,(H,20,22). The van der Waals surface area contributed by atoms with E-state index in [9.17, 15) is 9.90 Å². The zero-order valence-corrected chi connectivity index (χ0v) is 13.0. The van der Waals surface area contributed by atoms with E-state index in [4.69, 9.17) is 0 Å². The van der Waals surface area contributed by atoms with Crippen LogP contribution in [0.5, 0.6) is 0 Å². The minimum Gasteiger partial charge on any atom is -0.396 e. The summed E-state index contributed by atoms with van der Waals surface area (Å²) < 4.78 is 0. The van der Waals surface area contributed by atoms with Crippen LogP contribution in [0.4, 0.5) is 0 Å². The second-order valence-electron chi connectivity index (χ2n) is 6.64. The summed E-state index contributed by atoms with van der Waals surface area (Å²) in [6, 6.07) is 14.3. The monoisotopic (exact) mass is 297 g/mol. The van der Waals surface area contributed by atoms with Gasteiger partial charge in [-0.1, -0.05) is 55.8 Å². The smallest absolute Gasteiger partial charge is 0.224 e. The maximum absolute atomic E-state index is 12.4. The predicted octanol–water partition coefficient (Wildman–Crippen LogP) is 3.05. The number of rotatable bonds is 4. The molecule has 2 unspecified atom stereocenters. The van der Waals surface area contributed by atoms with Crippen LogP contribution in [0.25, 0.3) is 10.8 Å². The van der Waals surface area contributed by atoms with Crippen molar-refractivity contribution in [2.24, 2.45) is 5.41 Å². The van der Waals surface area contributed by atoms with Gasteiger partial charge in [0.15, 0.2) is 0 Å². The Morgan fingerprint density at radius 3 is 2.86 bits per heavy atom. The molecule has 0 aromatic heterocycles. The molecule has 3 heteroatoms. The van der Waals surface area contributed by atoms with E-state index in [1.54, 1.807) is 0 Å². The molecule has 3 nitrogen and oxygen atoms in total. The fraction of sp³-hybridized carbons (Fsp3) is 0.421. The second kappa shape index (κ2) is 6.09. The number of carbonyl (C=O) groups is 1. The van der Waals surface area contributed by atoms with Gasteiger partial charge in [-0.3, -0.25) is 4.79 Å². The molecule has 1 aliphatic rings. The molecule has 0 radical (unpaired) electrons. The zero-order chi connectivity index (χ0) is 15.6. The summed E-state index contributed by atoms with van der Waals surface area (Å²) in [5, 5.41) is 15.0. The Morgan fingerprint density at radius 2 is 2.05 bits per heavy atom. The Balaban J connectivity index is 1.74. The molecular weight excluding hydrogens is 274 g/mol. The van der Waals surface area contributed by atoms with E-state index in [0.717, 1.165) is 35.6 Å². The van der Waals surface area contributed by atoms with Crippen molar-refractivity contribution in [1.82, 2.24) is 5.32 Å². The lowest BCUT2D eigenvalue weighted by Crippen LogP contribution is -2.45. The van der Waals surface area contributed by atoms with Crippen molar-refractivity contribution in [1.29, 1.82) is 0 Å². The first-order valence-electron chi connectivity index (χ1n) is 7.99. The van der Waals surface area contributed by atoms with Gasteiger partial charge in [0.2, 0.25) is 5.91 Å². The second-order valence-corrected chi connectivity index (χ2v) is 6.64. The molecule has 3 rings (SSSR count). The molecule has 1 amide bonds. The van der Waals surface area contributed by atoms with Crippen LogP contribution in [0, 0.1) is 5.41 Å². The normalized spacial score (nSPS) is 24.5. The lowest BCUT2D eigenvalue weighted by Gasteiger charge is -2.30. The number of aliphatic hydroxyl groups excluding tert-OH is 1. The Bertz CT molecular complexity index is 677. The first-order chi connectivity index (χ1) is 10.6. The minimum atomic E-state index is -0.172. The minimum absolute atomic E-state index is 0.0444. The van der Waals surface area contributed by atoms with E-state index >= 15 is 0 Å². The van der Waals surface area contributed by atoms with Crippen LogP contribution in [0.3, 0.4) is 0 Å². The number of carbonyl (C=O) groups excluding carboxylic acids is 1. The molecule has 1 fully saturated rings. The van der Waals surface area contributed by atoms with Gasteiger partial charge in [-0.05, 0) is 29.2 Å². The Labute approximate surface area is 131 Å². The van der Waals surface area contributed by atoms with Gasteiger partial charge in [0, 0.05) is 11.5 Å². The van der Waals surface area contributed by atoms with E-state index in [2.05, 4.69) is 30.4 Å². The van der Waals surface area contributed by atoms with Crippen LogP contribution < -0.4 is 5.32 Å². The summed E-state index contributed by atoms with van der Waals surface area (Å²) in [6.45, 7) is 2.19. The van der Waals surface area contributed by atoms with Gasteiger partial charge >= 0.3 is 0 Å². The lowest BCUT2D eigenvalue weighted by atomic mass is 9.85. The van der Waals surface area contributed by atoms with Crippen LogP contribution in [0.15, 0.2) is 42.5 Å². The molecule has 1 saturated carbocycles. The summed E-state index contributed by atoms with van der Waals surface area (Å²) in [5.74, 6) is 0.0444. The maximum Gasteiger partial charge on any atom is 0.224 e. The van der Waals surface area contributed by atoms with Crippen LogP contribution in [-0.2, 0) is 11.2 Å². The predicted molar refractivity (Wildman–Crippen MR) is 88.6 cm³/mol. The maximum atomic E-state index is 12.4. The van der Waals surface area contributed by atoms with E-state index < -0.39 is 0 Å². The first-order valence-corrected chi connectivity index (χ1v) is 7.99. The molecule has 2 atom stereocenters. The highest BCUT2D eigenvalue weighted by atomic mass is 16.3. The third-order valence-electron chi connectivity index (χ3n) is 5.01. The number of benzene rings is 2. The number of hydrogen-bond acceptors (Lipinski definition) is 2. The van der Waals surface area contributed by atoms with Crippen molar-refractivity contribution in [3.05, 3.63) is 48.0 Å². The van der Waals surface area contributed by atoms with Crippen LogP contribution in [0.1, 0.15) is 31.7 Å². The molecule has 0 saturated heterocycles. The van der Waals surface area contributed by atoms with E-state index in [0.29, 0.717) is 6.42 Å². The number of aliphatic hydroxyl groups is 1. The summed E-state index contributed by atoms with van der Waals surface area (Å²) >= 11 is 0. The molecule has 0 bridgehead atoms. The quantitative estimate of drug-likeness (QED) is 0.911. The highest BCUT2D eigenvalue weighted by Gasteiger charge is 2.38. The van der Waals surface area contributed by atoms with Crippen molar-refractivity contribution >= 4 is 16.7 Å². The average Bonchev–Trinajstić information content (AvgIpc) is 2.89. The summed E-state index contributed by atoms with van der Waals surface area (Å²) in [7, 11) is 0. The third-order valence-corrected chi connectivity index (χ3v) is 5.01. The fourth-order valence-corrected chi connectivity index (χ4v) is 3.53. The molecule has 22 heavy (non-hydrogen) atoms.